The molecule has 6 aromatic carbocycles. The highest BCUT2D eigenvalue weighted by Crippen LogP contribution is 2.52. The average molecular weight is 959 g/mol. The highest BCUT2D eigenvalue weighted by Gasteiger charge is 2.44. The average Bonchev–Trinajstić information content (AvgIpc) is 3.76. The van der Waals surface area contributed by atoms with Crippen LogP contribution >= 0.6 is 0 Å². The number of benzene rings is 6. The number of hydrogen-bond donors (Lipinski definition) is 3. The number of amides is 2. The topological polar surface area (TPSA) is 180 Å². The fraction of sp³-hybridized carbons (Fsp3) is 0.241. The molecule has 6 aromatic rings. The number of hydrogen-bond acceptors (Lipinski definition) is 11. The van der Waals surface area contributed by atoms with Crippen molar-refractivity contribution in [1.82, 2.24) is 11.6 Å². The summed E-state index contributed by atoms with van der Waals surface area (Å²) in [5.41, 5.74) is 17.4. The fourth-order valence-corrected chi connectivity index (χ4v) is 9.39. The van der Waals surface area contributed by atoms with Gasteiger partial charge in [0.05, 0.1) is 39.6 Å². The molecule has 0 fully saturated rings. The third kappa shape index (κ3) is 12.0. The lowest BCUT2D eigenvalue weighted by Gasteiger charge is -2.30. The van der Waals surface area contributed by atoms with E-state index in [2.05, 4.69) is 121 Å². The van der Waals surface area contributed by atoms with Crippen molar-refractivity contribution in [2.45, 2.75) is 51.4 Å². The number of nitrogens with two attached hydrogens (primary N) is 1. The number of carbonyl (C=O) groups excluding carboxylic acids is 3. The monoisotopic (exact) mass is 958 g/mol. The molecule has 2 heterocycles. The minimum absolute atomic E-state index is 0. The second kappa shape index (κ2) is 24.9. The largest absolute Gasteiger partial charge is 0.497 e. The van der Waals surface area contributed by atoms with Gasteiger partial charge in [0.15, 0.2) is 0 Å². The van der Waals surface area contributed by atoms with Gasteiger partial charge in [-0.1, -0.05) is 84.9 Å². The lowest BCUT2D eigenvalue weighted by Crippen LogP contribution is -2.31. The summed E-state index contributed by atoms with van der Waals surface area (Å²) >= 11 is 0. The molecule has 13 nitrogen and oxygen atoms in total. The second-order valence-corrected chi connectivity index (χ2v) is 17.0. The van der Waals surface area contributed by atoms with Gasteiger partial charge in [0, 0.05) is 52.9 Å². The molecule has 2 aliphatic rings. The predicted molar refractivity (Wildman–Crippen MR) is 285 cm³/mol. The summed E-state index contributed by atoms with van der Waals surface area (Å²) in [6.45, 7) is 10.3. The van der Waals surface area contributed by atoms with Crippen LogP contribution < -0.4 is 46.1 Å². The molecule has 2 aliphatic heterocycles. The van der Waals surface area contributed by atoms with E-state index in [1.807, 2.05) is 36.4 Å². The number of hydrazone groups is 1. The Balaban J connectivity index is 0.000000224. The van der Waals surface area contributed by atoms with Crippen LogP contribution in [0.5, 0.6) is 23.0 Å². The molecule has 370 valence electrons. The van der Waals surface area contributed by atoms with E-state index in [1.54, 1.807) is 76.1 Å². The molecule has 6 N–H and O–H groups in total. The van der Waals surface area contributed by atoms with E-state index in [0.717, 1.165) is 66.5 Å². The number of fused-ring (bicyclic) bond motifs is 2. The predicted octanol–water partition coefficient (Wildman–Crippen LogP) is 10.4. The van der Waals surface area contributed by atoms with E-state index >= 15 is 0 Å². The van der Waals surface area contributed by atoms with Gasteiger partial charge in [0.25, 0.3) is 11.8 Å². The molecule has 2 unspecified atom stereocenters. The lowest BCUT2D eigenvalue weighted by atomic mass is 9.76. The summed E-state index contributed by atoms with van der Waals surface area (Å²) in [4.78, 5) is 39.2. The molecule has 2 atom stereocenters. The minimum Gasteiger partial charge on any atom is -0.497 e. The molecule has 0 bridgehead atoms. The number of rotatable bonds is 15. The summed E-state index contributed by atoms with van der Waals surface area (Å²) < 4.78 is 21.2. The third-order valence-electron chi connectivity index (χ3n) is 12.7. The summed E-state index contributed by atoms with van der Waals surface area (Å²) in [6.07, 6.45) is 7.89. The Morgan fingerprint density at radius 3 is 1.42 bits per heavy atom. The molecule has 0 radical (unpaired) electrons. The van der Waals surface area contributed by atoms with Crippen molar-refractivity contribution in [2.75, 3.05) is 51.3 Å². The van der Waals surface area contributed by atoms with E-state index in [-0.39, 0.29) is 22.9 Å². The molecule has 0 spiro atoms. The number of para-hydroxylation sites is 2. The second-order valence-electron chi connectivity index (χ2n) is 17.0. The summed E-state index contributed by atoms with van der Waals surface area (Å²) in [6, 6.07) is 47.2. The van der Waals surface area contributed by atoms with E-state index in [9.17, 15) is 14.4 Å². The van der Waals surface area contributed by atoms with Gasteiger partial charge in [-0.05, 0) is 136 Å². The lowest BCUT2D eigenvalue weighted by molar-refractivity contribution is -0.104. The molecule has 0 saturated heterocycles. The molecular formula is C58H66N6O7. The number of nitrogens with zero attached hydrogens (tertiary/aromatic N) is 3. The van der Waals surface area contributed by atoms with Crippen molar-refractivity contribution in [3.8, 4) is 23.0 Å². The number of ether oxygens (including phenoxy) is 4. The van der Waals surface area contributed by atoms with Crippen molar-refractivity contribution < 1.29 is 33.3 Å². The van der Waals surface area contributed by atoms with Crippen LogP contribution in [0.1, 0.15) is 70.7 Å². The van der Waals surface area contributed by atoms with Gasteiger partial charge in [-0.2, -0.15) is 5.10 Å². The van der Waals surface area contributed by atoms with Crippen LogP contribution in [0.2, 0.25) is 0 Å². The first-order chi connectivity index (χ1) is 33.9. The van der Waals surface area contributed by atoms with Crippen molar-refractivity contribution in [3.05, 3.63) is 203 Å². The zero-order chi connectivity index (χ0) is 50.3. The highest BCUT2D eigenvalue weighted by atomic mass is 16.5. The van der Waals surface area contributed by atoms with Crippen LogP contribution in [0.15, 0.2) is 174 Å². The maximum atomic E-state index is 12.6. The molecule has 8 rings (SSSR count). The maximum absolute atomic E-state index is 12.6. The molecular weight excluding hydrogens is 893 g/mol. The minimum atomic E-state index is -0.470. The van der Waals surface area contributed by atoms with E-state index < -0.39 is 5.91 Å². The van der Waals surface area contributed by atoms with Crippen LogP contribution in [-0.4, -0.2) is 65.8 Å². The zero-order valence-corrected chi connectivity index (χ0v) is 42.0. The SMILES string of the molecule is CCN1/C(=C\C=N\NC(=O)c2ccccc2OC)C(C)(Cc2ccccc2)c2cc(OC)ccc21.CCN1/C(=C\C=O)C(C)(Cc2ccccc2)c2cc(OC)ccc21.COc1ccccc1C(N)=O.N. The van der Waals surface area contributed by atoms with Crippen LogP contribution in [-0.2, 0) is 28.5 Å². The fourth-order valence-electron chi connectivity index (χ4n) is 9.39. The Bertz CT molecular complexity index is 2850. The normalized spacial score (nSPS) is 17.4. The Morgan fingerprint density at radius 1 is 0.592 bits per heavy atom. The van der Waals surface area contributed by atoms with Crippen molar-refractivity contribution in [3.63, 3.8) is 0 Å². The quantitative estimate of drug-likeness (QED) is 0.0388. The van der Waals surface area contributed by atoms with E-state index in [4.69, 9.17) is 24.7 Å². The van der Waals surface area contributed by atoms with Gasteiger partial charge in [-0.25, -0.2) is 5.43 Å². The summed E-state index contributed by atoms with van der Waals surface area (Å²) in [7, 11) is 6.42. The highest BCUT2D eigenvalue weighted by molar-refractivity contribution is 5.97. The third-order valence-corrected chi connectivity index (χ3v) is 12.7. The summed E-state index contributed by atoms with van der Waals surface area (Å²) in [5, 5.41) is 4.22. The number of anilines is 2. The van der Waals surface area contributed by atoms with Crippen LogP contribution in [0.25, 0.3) is 0 Å². The molecule has 0 saturated carbocycles. The molecule has 71 heavy (non-hydrogen) atoms. The van der Waals surface area contributed by atoms with Crippen LogP contribution in [0.3, 0.4) is 0 Å². The molecule has 13 heteroatoms. The van der Waals surface area contributed by atoms with Gasteiger partial charge in [-0.15, -0.1) is 0 Å². The Labute approximate surface area is 418 Å². The first-order valence-electron chi connectivity index (χ1n) is 23.2. The number of primary amides is 1. The summed E-state index contributed by atoms with van der Waals surface area (Å²) in [5.74, 6) is 1.90. The Hall–Kier alpha value is -8.16. The first-order valence-corrected chi connectivity index (χ1v) is 23.2. The number of likely N-dealkylation sites (N-methyl/N-ethyl adjacent to an activating group) is 2. The van der Waals surface area contributed by atoms with Crippen molar-refractivity contribution >= 4 is 35.7 Å². The zero-order valence-electron chi connectivity index (χ0n) is 42.0. The van der Waals surface area contributed by atoms with Gasteiger partial charge in [0.1, 0.15) is 29.3 Å². The number of allylic oxidation sites excluding steroid dienone is 4. The van der Waals surface area contributed by atoms with Crippen molar-refractivity contribution in [2.24, 2.45) is 10.8 Å². The molecule has 2 amide bonds. The number of carbonyl (C=O) groups is 3. The van der Waals surface area contributed by atoms with E-state index in [0.29, 0.717) is 22.6 Å². The van der Waals surface area contributed by atoms with Crippen LogP contribution in [0, 0.1) is 0 Å². The number of nitrogens with one attached hydrogen (secondary N) is 1. The standard InChI is InChI=1S/C29H31N3O3.C21H23NO2.C8H9NO2.H3N/c1-5-32-25-16-15-22(34-3)19-24(25)29(2,20-21-11-7-6-8-12-21)27(32)17-18-30-31-28(33)23-13-9-10-14-26(23)35-4;1-4-22-19-11-10-17(24-3)14-18(19)21(2,20(22)12-13-23)15-16-8-6-5-7-9-16;1-11-7-5-3-2-4-6(7)8(9)10;/h6-19H,5,20H2,1-4H3,(H,31,33);5-14H,4,15H2,1-3H3;2-5H,1H3,(H2,9,10);1H3/b27-17-,30-18+;20-12-;;. The van der Waals surface area contributed by atoms with Gasteiger partial charge >= 0.3 is 0 Å². The van der Waals surface area contributed by atoms with Gasteiger partial charge in [0.2, 0.25) is 0 Å². The molecule has 0 aromatic heterocycles. The molecule has 0 aliphatic carbocycles. The van der Waals surface area contributed by atoms with E-state index in [1.165, 1.54) is 29.4 Å². The smallest absolute Gasteiger partial charge is 0.275 e. The first kappa shape index (κ1) is 53.8. The van der Waals surface area contributed by atoms with Gasteiger partial charge < -0.3 is 40.6 Å². The number of methoxy groups -OCH3 is 4. The Morgan fingerprint density at radius 2 is 1.01 bits per heavy atom. The van der Waals surface area contributed by atoms with Crippen molar-refractivity contribution in [1.29, 1.82) is 0 Å². The Kier molecular flexibility index (Phi) is 18.9. The van der Waals surface area contributed by atoms with Crippen LogP contribution in [0.4, 0.5) is 11.4 Å². The van der Waals surface area contributed by atoms with Gasteiger partial charge in [-0.3, -0.25) is 14.4 Å². The number of aldehydes is 1. The maximum Gasteiger partial charge on any atom is 0.275 e.